The third-order valence-electron chi connectivity index (χ3n) is 2.74. The lowest BCUT2D eigenvalue weighted by atomic mass is 10.1. The van der Waals surface area contributed by atoms with Crippen molar-refractivity contribution in [1.82, 2.24) is 0 Å². The van der Waals surface area contributed by atoms with Crippen molar-refractivity contribution in [3.63, 3.8) is 0 Å². The fourth-order valence-electron chi connectivity index (χ4n) is 1.80. The zero-order valence-corrected chi connectivity index (χ0v) is 11.2. The summed E-state index contributed by atoms with van der Waals surface area (Å²) in [4.78, 5) is 0. The second-order valence-electron chi connectivity index (χ2n) is 4.28. The van der Waals surface area contributed by atoms with Gasteiger partial charge >= 0.3 is 0 Å². The molecule has 0 atom stereocenters. The fourth-order valence-corrected chi connectivity index (χ4v) is 2.00. The topological polar surface area (TPSA) is 29.5 Å². The molecule has 0 fully saturated rings. The molecule has 1 N–H and O–H groups in total. The van der Waals surface area contributed by atoms with Crippen LogP contribution in [0.5, 0.6) is 11.5 Å². The summed E-state index contributed by atoms with van der Waals surface area (Å²) in [5.41, 5.74) is 2.94. The van der Waals surface area contributed by atoms with Gasteiger partial charge in [0.05, 0.1) is 6.61 Å². The lowest BCUT2D eigenvalue weighted by molar-refractivity contribution is 0.276. The van der Waals surface area contributed by atoms with Crippen molar-refractivity contribution >= 4 is 11.6 Å². The summed E-state index contributed by atoms with van der Waals surface area (Å²) in [6.45, 7) is 3.94. The zero-order valence-electron chi connectivity index (χ0n) is 10.4. The standard InChI is InChI=1S/C15H15ClO2/c1-10-3-5-14(11(2)7-10)18-15-6-4-13(16)8-12(15)9-17/h3-8,17H,9H2,1-2H3. The van der Waals surface area contributed by atoms with Crippen LogP contribution >= 0.6 is 11.6 Å². The third kappa shape index (κ3) is 2.84. The average Bonchev–Trinajstić information content (AvgIpc) is 2.34. The van der Waals surface area contributed by atoms with Gasteiger partial charge in [-0.25, -0.2) is 0 Å². The highest BCUT2D eigenvalue weighted by molar-refractivity contribution is 6.30. The molecule has 0 amide bonds. The van der Waals surface area contributed by atoms with E-state index in [9.17, 15) is 5.11 Å². The monoisotopic (exact) mass is 262 g/mol. The van der Waals surface area contributed by atoms with Crippen LogP contribution in [-0.4, -0.2) is 5.11 Å². The van der Waals surface area contributed by atoms with Crippen LogP contribution in [0, 0.1) is 13.8 Å². The van der Waals surface area contributed by atoms with Gasteiger partial charge in [0.1, 0.15) is 11.5 Å². The molecule has 0 unspecified atom stereocenters. The number of rotatable bonds is 3. The maximum atomic E-state index is 9.30. The van der Waals surface area contributed by atoms with Crippen LogP contribution < -0.4 is 4.74 Å². The molecule has 0 spiro atoms. The van der Waals surface area contributed by atoms with Gasteiger partial charge in [0.15, 0.2) is 0 Å². The highest BCUT2D eigenvalue weighted by Gasteiger charge is 2.07. The molecule has 2 aromatic rings. The van der Waals surface area contributed by atoms with Crippen molar-refractivity contribution in [2.75, 3.05) is 0 Å². The molecule has 2 rings (SSSR count). The Morgan fingerprint density at radius 1 is 1.06 bits per heavy atom. The van der Waals surface area contributed by atoms with Crippen LogP contribution in [-0.2, 0) is 6.61 Å². The molecule has 3 heteroatoms. The van der Waals surface area contributed by atoms with E-state index in [0.29, 0.717) is 16.3 Å². The normalized spacial score (nSPS) is 10.4. The maximum absolute atomic E-state index is 9.30. The van der Waals surface area contributed by atoms with Crippen LogP contribution in [0.25, 0.3) is 0 Å². The smallest absolute Gasteiger partial charge is 0.133 e. The van der Waals surface area contributed by atoms with E-state index in [1.165, 1.54) is 5.56 Å². The summed E-state index contributed by atoms with van der Waals surface area (Å²) in [6.07, 6.45) is 0. The third-order valence-corrected chi connectivity index (χ3v) is 2.98. The summed E-state index contributed by atoms with van der Waals surface area (Å²) in [6, 6.07) is 11.2. The Bertz CT molecular complexity index is 564. The summed E-state index contributed by atoms with van der Waals surface area (Å²) in [7, 11) is 0. The van der Waals surface area contributed by atoms with Crippen molar-refractivity contribution < 1.29 is 9.84 Å². The minimum absolute atomic E-state index is 0.0964. The molecule has 0 bridgehead atoms. The Kier molecular flexibility index (Phi) is 3.90. The van der Waals surface area contributed by atoms with Crippen LogP contribution in [0.3, 0.4) is 0 Å². The number of hydrogen-bond donors (Lipinski definition) is 1. The highest BCUT2D eigenvalue weighted by atomic mass is 35.5. The summed E-state index contributed by atoms with van der Waals surface area (Å²) in [5.74, 6) is 1.42. The molecular weight excluding hydrogens is 248 g/mol. The Balaban J connectivity index is 2.33. The average molecular weight is 263 g/mol. The van der Waals surface area contributed by atoms with Gasteiger partial charge in [0, 0.05) is 10.6 Å². The number of hydrogen-bond acceptors (Lipinski definition) is 2. The molecule has 94 valence electrons. The fraction of sp³-hybridized carbons (Fsp3) is 0.200. The van der Waals surface area contributed by atoms with Crippen molar-refractivity contribution in [1.29, 1.82) is 0 Å². The Hall–Kier alpha value is -1.51. The number of aliphatic hydroxyl groups excluding tert-OH is 1. The first-order chi connectivity index (χ1) is 8.60. The summed E-state index contributed by atoms with van der Waals surface area (Å²) >= 11 is 5.88. The first-order valence-corrected chi connectivity index (χ1v) is 6.12. The molecule has 0 heterocycles. The molecule has 2 nitrogen and oxygen atoms in total. The zero-order chi connectivity index (χ0) is 13.1. The van der Waals surface area contributed by atoms with Gasteiger partial charge in [0.2, 0.25) is 0 Å². The van der Waals surface area contributed by atoms with Gasteiger partial charge in [-0.2, -0.15) is 0 Å². The van der Waals surface area contributed by atoms with Gasteiger partial charge in [0.25, 0.3) is 0 Å². The lowest BCUT2D eigenvalue weighted by Gasteiger charge is -2.12. The van der Waals surface area contributed by atoms with Gasteiger partial charge in [-0.05, 0) is 43.7 Å². The molecule has 0 saturated carbocycles. The number of aliphatic hydroxyl groups is 1. The van der Waals surface area contributed by atoms with Crippen molar-refractivity contribution in [3.8, 4) is 11.5 Å². The van der Waals surface area contributed by atoms with Crippen LogP contribution in [0.15, 0.2) is 36.4 Å². The van der Waals surface area contributed by atoms with E-state index < -0.39 is 0 Å². The lowest BCUT2D eigenvalue weighted by Crippen LogP contribution is -1.93. The number of ether oxygens (including phenoxy) is 1. The van der Waals surface area contributed by atoms with Crippen LogP contribution in [0.1, 0.15) is 16.7 Å². The van der Waals surface area contributed by atoms with E-state index in [1.54, 1.807) is 18.2 Å². The maximum Gasteiger partial charge on any atom is 0.133 e. The van der Waals surface area contributed by atoms with E-state index >= 15 is 0 Å². The summed E-state index contributed by atoms with van der Waals surface area (Å²) < 4.78 is 5.82. The minimum atomic E-state index is -0.0964. The molecule has 0 aromatic heterocycles. The van der Waals surface area contributed by atoms with Crippen molar-refractivity contribution in [2.24, 2.45) is 0 Å². The second-order valence-corrected chi connectivity index (χ2v) is 4.72. The molecular formula is C15H15ClO2. The van der Waals surface area contributed by atoms with Crippen molar-refractivity contribution in [3.05, 3.63) is 58.1 Å². The van der Waals surface area contributed by atoms with Gasteiger partial charge in [-0.15, -0.1) is 0 Å². The van der Waals surface area contributed by atoms with E-state index in [2.05, 4.69) is 6.07 Å². The molecule has 0 radical (unpaired) electrons. The van der Waals surface area contributed by atoms with E-state index in [-0.39, 0.29) is 6.61 Å². The number of halogens is 1. The summed E-state index contributed by atoms with van der Waals surface area (Å²) in [5, 5.41) is 9.89. The predicted molar refractivity (Wildman–Crippen MR) is 73.4 cm³/mol. The quantitative estimate of drug-likeness (QED) is 0.896. The molecule has 0 aliphatic rings. The van der Waals surface area contributed by atoms with Crippen LogP contribution in [0.2, 0.25) is 5.02 Å². The molecule has 0 saturated heterocycles. The first kappa shape index (κ1) is 12.9. The second kappa shape index (κ2) is 5.42. The first-order valence-electron chi connectivity index (χ1n) is 5.74. The number of aryl methyl sites for hydroxylation is 2. The molecule has 2 aromatic carbocycles. The van der Waals surface area contributed by atoms with Crippen LogP contribution in [0.4, 0.5) is 0 Å². The van der Waals surface area contributed by atoms with E-state index in [4.69, 9.17) is 16.3 Å². The SMILES string of the molecule is Cc1ccc(Oc2ccc(Cl)cc2CO)c(C)c1. The van der Waals surface area contributed by atoms with Gasteiger partial charge < -0.3 is 9.84 Å². The molecule has 0 aliphatic carbocycles. The van der Waals surface area contributed by atoms with E-state index in [1.807, 2.05) is 26.0 Å². The Morgan fingerprint density at radius 3 is 2.44 bits per heavy atom. The predicted octanol–water partition coefficient (Wildman–Crippen LogP) is 4.24. The van der Waals surface area contributed by atoms with Gasteiger partial charge in [-0.1, -0.05) is 29.3 Å². The largest absolute Gasteiger partial charge is 0.457 e. The Labute approximate surface area is 112 Å². The Morgan fingerprint density at radius 2 is 1.78 bits per heavy atom. The minimum Gasteiger partial charge on any atom is -0.457 e. The van der Waals surface area contributed by atoms with Gasteiger partial charge in [-0.3, -0.25) is 0 Å². The highest BCUT2D eigenvalue weighted by Crippen LogP contribution is 2.30. The number of benzene rings is 2. The van der Waals surface area contributed by atoms with Crippen molar-refractivity contribution in [2.45, 2.75) is 20.5 Å². The molecule has 0 aliphatic heterocycles. The van der Waals surface area contributed by atoms with E-state index in [0.717, 1.165) is 11.3 Å². The molecule has 18 heavy (non-hydrogen) atoms.